The Balaban J connectivity index is 1.54. The Labute approximate surface area is 140 Å². The van der Waals surface area contributed by atoms with Crippen LogP contribution in [0.3, 0.4) is 0 Å². The zero-order chi connectivity index (χ0) is 15.8. The maximum absolute atomic E-state index is 12.7. The topological polar surface area (TPSA) is 52.9 Å². The van der Waals surface area contributed by atoms with Crippen LogP contribution in [0.5, 0.6) is 0 Å². The van der Waals surface area contributed by atoms with E-state index in [1.54, 1.807) is 11.3 Å². The number of carbonyl (C=O) groups excluding carboxylic acids is 1. The zero-order valence-corrected chi connectivity index (χ0v) is 13.7. The molecule has 1 aromatic carbocycles. The third-order valence-corrected chi connectivity index (χ3v) is 6.15. The van der Waals surface area contributed by atoms with Crippen molar-refractivity contribution in [2.75, 3.05) is 5.32 Å². The van der Waals surface area contributed by atoms with Crippen molar-refractivity contribution >= 4 is 22.2 Å². The standard InChI is InChI=1S/C19H18N2OS/c20-11-16-15-7-3-4-8-17(15)23-19(16)21-18(22)14-9-12-5-1-2-6-13(12)10-14/h1-2,5-6,14H,3-4,7-10H2,(H,21,22). The van der Waals surface area contributed by atoms with Gasteiger partial charge in [0.05, 0.1) is 5.56 Å². The number of nitriles is 1. The lowest BCUT2D eigenvalue weighted by Gasteiger charge is -2.10. The van der Waals surface area contributed by atoms with Crippen LogP contribution >= 0.6 is 11.3 Å². The summed E-state index contributed by atoms with van der Waals surface area (Å²) in [5.41, 5.74) is 4.43. The van der Waals surface area contributed by atoms with Crippen molar-refractivity contribution in [2.24, 2.45) is 5.92 Å². The molecule has 0 saturated heterocycles. The van der Waals surface area contributed by atoms with E-state index in [-0.39, 0.29) is 11.8 Å². The fourth-order valence-corrected chi connectivity index (χ4v) is 4.97. The molecule has 4 heteroatoms. The molecule has 0 spiro atoms. The molecular weight excluding hydrogens is 304 g/mol. The molecule has 1 heterocycles. The number of rotatable bonds is 2. The highest BCUT2D eigenvalue weighted by atomic mass is 32.1. The number of carbonyl (C=O) groups is 1. The van der Waals surface area contributed by atoms with Gasteiger partial charge in [-0.2, -0.15) is 5.26 Å². The SMILES string of the molecule is N#Cc1c(NC(=O)C2Cc3ccccc3C2)sc2c1CCCC2. The van der Waals surface area contributed by atoms with E-state index in [4.69, 9.17) is 0 Å². The van der Waals surface area contributed by atoms with Crippen molar-refractivity contribution in [3.05, 3.63) is 51.4 Å². The van der Waals surface area contributed by atoms with Gasteiger partial charge in [0.1, 0.15) is 11.1 Å². The Morgan fingerprint density at radius 2 is 1.87 bits per heavy atom. The van der Waals surface area contributed by atoms with Crippen molar-refractivity contribution in [3.8, 4) is 6.07 Å². The molecule has 0 radical (unpaired) electrons. The molecule has 0 unspecified atom stereocenters. The summed E-state index contributed by atoms with van der Waals surface area (Å²) in [5, 5.41) is 13.3. The summed E-state index contributed by atoms with van der Waals surface area (Å²) >= 11 is 1.60. The van der Waals surface area contributed by atoms with Crippen molar-refractivity contribution in [3.63, 3.8) is 0 Å². The number of nitrogens with one attached hydrogen (secondary N) is 1. The third kappa shape index (κ3) is 2.55. The smallest absolute Gasteiger partial charge is 0.228 e. The number of benzene rings is 1. The Morgan fingerprint density at radius 3 is 2.57 bits per heavy atom. The first kappa shape index (κ1) is 14.5. The monoisotopic (exact) mass is 322 g/mol. The van der Waals surface area contributed by atoms with Crippen LogP contribution in [-0.4, -0.2) is 5.91 Å². The summed E-state index contributed by atoms with van der Waals surface area (Å²) in [5.74, 6) is 0.0365. The van der Waals surface area contributed by atoms with Crippen molar-refractivity contribution in [2.45, 2.75) is 38.5 Å². The van der Waals surface area contributed by atoms with Crippen LogP contribution in [-0.2, 0) is 30.5 Å². The molecule has 2 aromatic rings. The highest BCUT2D eigenvalue weighted by Gasteiger charge is 2.29. The van der Waals surface area contributed by atoms with Gasteiger partial charge >= 0.3 is 0 Å². The Bertz CT molecular complexity index is 790. The molecule has 1 aromatic heterocycles. The summed E-state index contributed by atoms with van der Waals surface area (Å²) in [4.78, 5) is 13.9. The van der Waals surface area contributed by atoms with Gasteiger partial charge in [0.2, 0.25) is 5.91 Å². The van der Waals surface area contributed by atoms with Gasteiger partial charge in [-0.3, -0.25) is 4.79 Å². The molecule has 3 nitrogen and oxygen atoms in total. The van der Waals surface area contributed by atoms with Crippen LogP contribution in [0.4, 0.5) is 5.00 Å². The number of thiophene rings is 1. The lowest BCUT2D eigenvalue weighted by Crippen LogP contribution is -2.23. The normalized spacial score (nSPS) is 16.5. The van der Waals surface area contributed by atoms with E-state index in [2.05, 4.69) is 23.5 Å². The molecule has 0 saturated carbocycles. The summed E-state index contributed by atoms with van der Waals surface area (Å²) in [6, 6.07) is 10.6. The van der Waals surface area contributed by atoms with Gasteiger partial charge in [-0.05, 0) is 55.2 Å². The Morgan fingerprint density at radius 1 is 1.17 bits per heavy atom. The highest BCUT2D eigenvalue weighted by molar-refractivity contribution is 7.16. The van der Waals surface area contributed by atoms with Crippen LogP contribution in [0.2, 0.25) is 0 Å². The summed E-state index contributed by atoms with van der Waals surface area (Å²) in [6.07, 6.45) is 5.94. The van der Waals surface area contributed by atoms with Crippen molar-refractivity contribution in [1.82, 2.24) is 0 Å². The first-order valence-corrected chi connectivity index (χ1v) is 9.00. The average Bonchev–Trinajstić information content (AvgIpc) is 3.15. The van der Waals surface area contributed by atoms with E-state index in [9.17, 15) is 10.1 Å². The first-order chi connectivity index (χ1) is 11.3. The molecule has 1 amide bonds. The zero-order valence-electron chi connectivity index (χ0n) is 12.9. The first-order valence-electron chi connectivity index (χ1n) is 8.18. The lowest BCUT2D eigenvalue weighted by molar-refractivity contribution is -0.119. The summed E-state index contributed by atoms with van der Waals surface area (Å²) in [7, 11) is 0. The minimum Gasteiger partial charge on any atom is -0.316 e. The molecule has 116 valence electrons. The number of amides is 1. The molecule has 0 atom stereocenters. The van der Waals surface area contributed by atoms with E-state index >= 15 is 0 Å². The second kappa shape index (κ2) is 5.82. The van der Waals surface area contributed by atoms with Gasteiger partial charge in [-0.25, -0.2) is 0 Å². The second-order valence-electron chi connectivity index (χ2n) is 6.39. The van der Waals surface area contributed by atoms with Gasteiger partial charge < -0.3 is 5.32 Å². The molecule has 0 fully saturated rings. The van der Waals surface area contributed by atoms with Gasteiger partial charge in [0.15, 0.2) is 0 Å². The maximum atomic E-state index is 12.7. The van der Waals surface area contributed by atoms with E-state index in [1.807, 2.05) is 12.1 Å². The van der Waals surface area contributed by atoms with Crippen LogP contribution in [0.15, 0.2) is 24.3 Å². The predicted octanol–water partition coefficient (Wildman–Crippen LogP) is 3.85. The number of anilines is 1. The molecular formula is C19H18N2OS. The quantitative estimate of drug-likeness (QED) is 0.913. The predicted molar refractivity (Wildman–Crippen MR) is 91.6 cm³/mol. The van der Waals surface area contributed by atoms with Crippen LogP contribution in [0, 0.1) is 17.2 Å². The van der Waals surface area contributed by atoms with Gasteiger partial charge in [-0.1, -0.05) is 24.3 Å². The number of hydrogen-bond donors (Lipinski definition) is 1. The molecule has 2 aliphatic carbocycles. The average molecular weight is 322 g/mol. The molecule has 4 rings (SSSR count). The van der Waals surface area contributed by atoms with Crippen LogP contribution < -0.4 is 5.32 Å². The number of fused-ring (bicyclic) bond motifs is 2. The second-order valence-corrected chi connectivity index (χ2v) is 7.50. The van der Waals surface area contributed by atoms with E-state index < -0.39 is 0 Å². The van der Waals surface area contributed by atoms with Crippen LogP contribution in [0.25, 0.3) is 0 Å². The molecule has 0 aliphatic heterocycles. The largest absolute Gasteiger partial charge is 0.316 e. The van der Waals surface area contributed by atoms with Gasteiger partial charge in [0, 0.05) is 10.8 Å². The van der Waals surface area contributed by atoms with E-state index in [0.29, 0.717) is 5.56 Å². The minimum atomic E-state index is -0.0157. The molecule has 23 heavy (non-hydrogen) atoms. The fourth-order valence-electron chi connectivity index (χ4n) is 3.73. The summed E-state index contributed by atoms with van der Waals surface area (Å²) in [6.45, 7) is 0. The third-order valence-electron chi connectivity index (χ3n) is 4.94. The molecule has 1 N–H and O–H groups in total. The lowest BCUT2D eigenvalue weighted by atomic mass is 9.96. The summed E-state index contributed by atoms with van der Waals surface area (Å²) < 4.78 is 0. The van der Waals surface area contributed by atoms with Gasteiger partial charge in [0.25, 0.3) is 0 Å². The van der Waals surface area contributed by atoms with Crippen molar-refractivity contribution in [1.29, 1.82) is 5.26 Å². The Hall–Kier alpha value is -2.12. The number of nitrogens with zero attached hydrogens (tertiary/aromatic N) is 1. The number of hydrogen-bond acceptors (Lipinski definition) is 3. The highest BCUT2D eigenvalue weighted by Crippen LogP contribution is 2.38. The molecule has 2 aliphatic rings. The van der Waals surface area contributed by atoms with Gasteiger partial charge in [-0.15, -0.1) is 11.3 Å². The van der Waals surface area contributed by atoms with Crippen LogP contribution in [0.1, 0.15) is 40.0 Å². The minimum absolute atomic E-state index is 0.0157. The van der Waals surface area contributed by atoms with E-state index in [0.717, 1.165) is 37.1 Å². The maximum Gasteiger partial charge on any atom is 0.228 e. The Kier molecular flexibility index (Phi) is 3.66. The van der Waals surface area contributed by atoms with E-state index in [1.165, 1.54) is 28.0 Å². The fraction of sp³-hybridized carbons (Fsp3) is 0.368. The number of aryl methyl sites for hydroxylation is 1. The molecule has 0 bridgehead atoms. The van der Waals surface area contributed by atoms with Crippen molar-refractivity contribution < 1.29 is 4.79 Å².